The summed E-state index contributed by atoms with van der Waals surface area (Å²) in [5, 5.41) is 0.786. The van der Waals surface area contributed by atoms with Crippen LogP contribution in [0.2, 0.25) is 0 Å². The van der Waals surface area contributed by atoms with Gasteiger partial charge in [-0.25, -0.2) is 22.0 Å². The molecule has 2 aromatic carbocycles. The Morgan fingerprint density at radius 2 is 1.23 bits per heavy atom. The first-order valence-corrected chi connectivity index (χ1v) is 6.38. The molecule has 0 aliphatic heterocycles. The van der Waals surface area contributed by atoms with Gasteiger partial charge in [0, 0.05) is 17.5 Å². The maximum atomic E-state index is 13.8. The highest BCUT2D eigenvalue weighted by atomic mass is 19.2. The molecule has 0 fully saturated rings. The van der Waals surface area contributed by atoms with Crippen molar-refractivity contribution in [3.05, 3.63) is 77.2 Å². The highest BCUT2D eigenvalue weighted by Gasteiger charge is 2.28. The Balaban J connectivity index is 2.18. The SMILES string of the molecule is Fc1c(F)c(F)c(C[n+]2cccc3ccccc32)c(F)c1F. The van der Waals surface area contributed by atoms with Gasteiger partial charge in [-0.05, 0) is 12.1 Å². The topological polar surface area (TPSA) is 3.88 Å². The van der Waals surface area contributed by atoms with Crippen molar-refractivity contribution in [2.24, 2.45) is 0 Å². The second-order valence-corrected chi connectivity index (χ2v) is 4.74. The van der Waals surface area contributed by atoms with Crippen LogP contribution in [0.1, 0.15) is 5.56 Å². The minimum atomic E-state index is -2.15. The van der Waals surface area contributed by atoms with E-state index >= 15 is 0 Å². The summed E-state index contributed by atoms with van der Waals surface area (Å²) in [5.74, 6) is -9.64. The molecule has 0 aliphatic carbocycles. The van der Waals surface area contributed by atoms with Crippen molar-refractivity contribution in [1.82, 2.24) is 0 Å². The van der Waals surface area contributed by atoms with Gasteiger partial charge in [0.2, 0.25) is 11.3 Å². The molecule has 1 heterocycles. The molecule has 3 aromatic rings. The fraction of sp³-hybridized carbons (Fsp3) is 0.0625. The van der Waals surface area contributed by atoms with Crippen molar-refractivity contribution in [1.29, 1.82) is 0 Å². The van der Waals surface area contributed by atoms with Crippen LogP contribution in [0.25, 0.3) is 10.9 Å². The van der Waals surface area contributed by atoms with Gasteiger partial charge < -0.3 is 0 Å². The molecule has 112 valence electrons. The second-order valence-electron chi connectivity index (χ2n) is 4.74. The van der Waals surface area contributed by atoms with E-state index in [4.69, 9.17) is 0 Å². The largest absolute Gasteiger partial charge is 0.212 e. The van der Waals surface area contributed by atoms with Crippen molar-refractivity contribution in [2.75, 3.05) is 0 Å². The van der Waals surface area contributed by atoms with Gasteiger partial charge >= 0.3 is 0 Å². The highest BCUT2D eigenvalue weighted by Crippen LogP contribution is 2.23. The lowest BCUT2D eigenvalue weighted by atomic mass is 10.1. The van der Waals surface area contributed by atoms with Gasteiger partial charge in [-0.1, -0.05) is 12.1 Å². The molecule has 0 atom stereocenters. The van der Waals surface area contributed by atoms with E-state index in [1.807, 2.05) is 0 Å². The molecule has 0 unspecified atom stereocenters. The van der Waals surface area contributed by atoms with Crippen LogP contribution < -0.4 is 4.57 Å². The van der Waals surface area contributed by atoms with E-state index in [2.05, 4.69) is 0 Å². The Labute approximate surface area is 122 Å². The molecule has 1 aromatic heterocycles. The number of hydrogen-bond acceptors (Lipinski definition) is 0. The first-order valence-electron chi connectivity index (χ1n) is 6.38. The summed E-state index contributed by atoms with van der Waals surface area (Å²) in [4.78, 5) is 0. The Kier molecular flexibility index (Phi) is 3.52. The van der Waals surface area contributed by atoms with Gasteiger partial charge in [0.05, 0.1) is 5.56 Å². The molecule has 0 bridgehead atoms. The van der Waals surface area contributed by atoms with Gasteiger partial charge in [-0.2, -0.15) is 4.57 Å². The van der Waals surface area contributed by atoms with Crippen LogP contribution in [-0.2, 0) is 6.54 Å². The molecule has 0 saturated heterocycles. The average Bonchev–Trinajstić information content (AvgIpc) is 2.55. The lowest BCUT2D eigenvalue weighted by molar-refractivity contribution is -0.662. The molecular formula is C16H9F5N+. The van der Waals surface area contributed by atoms with Gasteiger partial charge in [0.25, 0.3) is 0 Å². The summed E-state index contributed by atoms with van der Waals surface area (Å²) >= 11 is 0. The Morgan fingerprint density at radius 3 is 1.91 bits per heavy atom. The average molecular weight is 310 g/mol. The molecule has 0 radical (unpaired) electrons. The number of fused-ring (bicyclic) bond motifs is 1. The minimum Gasteiger partial charge on any atom is -0.203 e. The van der Waals surface area contributed by atoms with E-state index in [0.717, 1.165) is 5.39 Å². The molecule has 0 aliphatic rings. The number of pyridine rings is 1. The van der Waals surface area contributed by atoms with E-state index in [1.165, 1.54) is 10.8 Å². The third-order valence-corrected chi connectivity index (χ3v) is 3.42. The van der Waals surface area contributed by atoms with Crippen molar-refractivity contribution in [3.8, 4) is 0 Å². The smallest absolute Gasteiger partial charge is 0.203 e. The van der Waals surface area contributed by atoms with Gasteiger partial charge in [-0.3, -0.25) is 0 Å². The lowest BCUT2D eigenvalue weighted by Crippen LogP contribution is -2.36. The van der Waals surface area contributed by atoms with Gasteiger partial charge in [0.15, 0.2) is 36.0 Å². The van der Waals surface area contributed by atoms with E-state index < -0.39 is 41.2 Å². The number of hydrogen-bond donors (Lipinski definition) is 0. The summed E-state index contributed by atoms with van der Waals surface area (Å²) in [6.45, 7) is -0.465. The predicted octanol–water partition coefficient (Wildman–Crippen LogP) is 3.87. The van der Waals surface area contributed by atoms with E-state index in [9.17, 15) is 22.0 Å². The Hall–Kier alpha value is -2.50. The zero-order chi connectivity index (χ0) is 15.9. The summed E-state index contributed by atoms with van der Waals surface area (Å²) in [7, 11) is 0. The normalized spacial score (nSPS) is 11.1. The highest BCUT2D eigenvalue weighted by molar-refractivity contribution is 5.74. The van der Waals surface area contributed by atoms with Crippen molar-refractivity contribution in [2.45, 2.75) is 6.54 Å². The van der Waals surface area contributed by atoms with Gasteiger partial charge in [-0.15, -0.1) is 0 Å². The first kappa shape index (κ1) is 14.4. The summed E-state index contributed by atoms with van der Waals surface area (Å²) in [6, 6.07) is 10.4. The predicted molar refractivity (Wildman–Crippen MR) is 69.5 cm³/mol. The number of nitrogens with zero attached hydrogens (tertiary/aromatic N) is 1. The number of aromatic nitrogens is 1. The molecule has 1 nitrogen and oxygen atoms in total. The molecule has 0 saturated carbocycles. The van der Waals surface area contributed by atoms with Crippen molar-refractivity contribution >= 4 is 10.9 Å². The molecule has 0 amide bonds. The number of para-hydroxylation sites is 1. The monoisotopic (exact) mass is 310 g/mol. The first-order chi connectivity index (χ1) is 10.5. The Bertz CT molecular complexity index is 842. The molecule has 0 N–H and O–H groups in total. The maximum Gasteiger partial charge on any atom is 0.212 e. The number of rotatable bonds is 2. The molecule has 3 rings (SSSR count). The summed E-state index contributed by atoms with van der Waals surface area (Å²) in [6.07, 6.45) is 1.51. The van der Waals surface area contributed by atoms with Gasteiger partial charge in [0.1, 0.15) is 0 Å². The molecule has 0 spiro atoms. The Morgan fingerprint density at radius 1 is 0.682 bits per heavy atom. The third kappa shape index (κ3) is 2.20. The lowest BCUT2D eigenvalue weighted by Gasteiger charge is -2.07. The van der Waals surface area contributed by atoms with Crippen molar-refractivity contribution < 1.29 is 26.5 Å². The number of halogens is 5. The number of benzene rings is 2. The van der Waals surface area contributed by atoms with Crippen LogP contribution in [0.5, 0.6) is 0 Å². The van der Waals surface area contributed by atoms with Crippen LogP contribution >= 0.6 is 0 Å². The molecular weight excluding hydrogens is 301 g/mol. The fourth-order valence-corrected chi connectivity index (χ4v) is 2.32. The van der Waals surface area contributed by atoms with Crippen LogP contribution in [0, 0.1) is 29.1 Å². The van der Waals surface area contributed by atoms with Crippen LogP contribution in [0.4, 0.5) is 22.0 Å². The quantitative estimate of drug-likeness (QED) is 0.293. The zero-order valence-electron chi connectivity index (χ0n) is 11.1. The van der Waals surface area contributed by atoms with Crippen molar-refractivity contribution in [3.63, 3.8) is 0 Å². The van der Waals surface area contributed by atoms with E-state index in [-0.39, 0.29) is 0 Å². The second kappa shape index (κ2) is 5.36. The third-order valence-electron chi connectivity index (χ3n) is 3.42. The molecule has 6 heteroatoms. The fourth-order valence-electron chi connectivity index (χ4n) is 2.32. The minimum absolute atomic E-state index is 0.465. The molecule has 22 heavy (non-hydrogen) atoms. The van der Waals surface area contributed by atoms with Crippen LogP contribution in [0.15, 0.2) is 42.6 Å². The van der Waals surface area contributed by atoms with Crippen LogP contribution in [-0.4, -0.2) is 0 Å². The van der Waals surface area contributed by atoms with E-state index in [1.54, 1.807) is 36.4 Å². The summed E-state index contributed by atoms with van der Waals surface area (Å²) in [5.41, 5.74) is -0.244. The van der Waals surface area contributed by atoms with E-state index in [0.29, 0.717) is 5.52 Å². The van der Waals surface area contributed by atoms with Crippen LogP contribution in [0.3, 0.4) is 0 Å². The zero-order valence-corrected chi connectivity index (χ0v) is 11.1. The maximum absolute atomic E-state index is 13.8. The standard InChI is InChI=1S/C16H9F5N/c17-12-10(13(18)15(20)16(21)14(12)19)8-22-7-3-5-9-4-1-2-6-11(9)22/h1-7H,8H2/q+1. The summed E-state index contributed by atoms with van der Waals surface area (Å²) < 4.78 is 68.5.